The molecule has 0 aliphatic heterocycles. The molecule has 4 rings (SSSR count). The van der Waals surface area contributed by atoms with Crippen molar-refractivity contribution in [2.45, 2.75) is 4.90 Å². The summed E-state index contributed by atoms with van der Waals surface area (Å²) in [5.41, 5.74) is 2.40. The van der Waals surface area contributed by atoms with Crippen LogP contribution in [0.1, 0.15) is 10.4 Å². The third-order valence-corrected chi connectivity index (χ3v) is 7.52. The van der Waals surface area contributed by atoms with E-state index in [1.807, 2.05) is 47.8 Å². The van der Waals surface area contributed by atoms with Crippen molar-refractivity contribution in [3.63, 3.8) is 0 Å². The van der Waals surface area contributed by atoms with Gasteiger partial charge in [-0.2, -0.15) is 0 Å². The summed E-state index contributed by atoms with van der Waals surface area (Å²) in [4.78, 5) is 14.0. The summed E-state index contributed by atoms with van der Waals surface area (Å²) in [5, 5.41) is 4.89. The second-order valence-electron chi connectivity index (χ2n) is 6.81. The van der Waals surface area contributed by atoms with Gasteiger partial charge in [0.15, 0.2) is 0 Å². The number of carbonyl (C=O) groups is 1. The van der Waals surface area contributed by atoms with Crippen LogP contribution in [0.15, 0.2) is 101 Å². The second kappa shape index (κ2) is 8.75. The maximum Gasteiger partial charge on any atom is 0.264 e. The minimum Gasteiger partial charge on any atom is -0.321 e. The van der Waals surface area contributed by atoms with Crippen molar-refractivity contribution in [2.75, 3.05) is 16.7 Å². The maximum absolute atomic E-state index is 13.1. The number of sulfonamides is 1. The molecule has 0 spiro atoms. The number of rotatable bonds is 6. The van der Waals surface area contributed by atoms with Crippen LogP contribution in [0.5, 0.6) is 0 Å². The average molecular weight is 449 g/mol. The standard InChI is InChI=1S/C24H20N2O3S2/c1-26(19-10-3-2-4-11-19)31(28,29)20-12-7-9-18(17-20)24(27)25-22-14-6-5-13-21(22)23-15-8-16-30-23/h2-17H,1H3,(H,25,27). The molecule has 0 saturated carbocycles. The summed E-state index contributed by atoms with van der Waals surface area (Å²) in [7, 11) is -2.31. The van der Waals surface area contributed by atoms with Crippen LogP contribution in [0, 0.1) is 0 Å². The first kappa shape index (κ1) is 20.8. The van der Waals surface area contributed by atoms with E-state index < -0.39 is 10.0 Å². The molecule has 31 heavy (non-hydrogen) atoms. The van der Waals surface area contributed by atoms with E-state index in [1.54, 1.807) is 47.7 Å². The largest absolute Gasteiger partial charge is 0.321 e. The minimum absolute atomic E-state index is 0.0537. The minimum atomic E-state index is -3.81. The Kier molecular flexibility index (Phi) is 5.88. The number of hydrogen-bond donors (Lipinski definition) is 1. The first-order valence-electron chi connectivity index (χ1n) is 9.55. The first-order valence-corrected chi connectivity index (χ1v) is 11.9. The lowest BCUT2D eigenvalue weighted by atomic mass is 10.1. The lowest BCUT2D eigenvalue weighted by Crippen LogP contribution is -2.26. The molecule has 4 aromatic rings. The van der Waals surface area contributed by atoms with Crippen molar-refractivity contribution in [2.24, 2.45) is 0 Å². The van der Waals surface area contributed by atoms with E-state index in [0.29, 0.717) is 11.4 Å². The highest BCUT2D eigenvalue weighted by Gasteiger charge is 2.22. The molecule has 1 amide bonds. The summed E-state index contributed by atoms with van der Waals surface area (Å²) in [6.45, 7) is 0. The van der Waals surface area contributed by atoms with E-state index in [1.165, 1.54) is 23.5 Å². The molecule has 0 unspecified atom stereocenters. The van der Waals surface area contributed by atoms with Crippen molar-refractivity contribution >= 4 is 38.6 Å². The molecule has 7 heteroatoms. The molecule has 1 heterocycles. The number of carbonyl (C=O) groups excluding carboxylic acids is 1. The highest BCUT2D eigenvalue weighted by atomic mass is 32.2. The molecule has 1 aromatic heterocycles. The van der Waals surface area contributed by atoms with Gasteiger partial charge in [0, 0.05) is 28.7 Å². The average Bonchev–Trinajstić information content (AvgIpc) is 3.34. The van der Waals surface area contributed by atoms with Crippen LogP contribution in [-0.4, -0.2) is 21.4 Å². The van der Waals surface area contributed by atoms with E-state index in [-0.39, 0.29) is 16.4 Å². The Morgan fingerprint density at radius 1 is 0.871 bits per heavy atom. The Bertz CT molecular complexity index is 1300. The third-order valence-electron chi connectivity index (χ3n) is 4.84. The van der Waals surface area contributed by atoms with Gasteiger partial charge in [-0.1, -0.05) is 48.5 Å². The zero-order valence-corrected chi connectivity index (χ0v) is 18.4. The fourth-order valence-electron chi connectivity index (χ4n) is 3.17. The molecular weight excluding hydrogens is 428 g/mol. The molecule has 156 valence electrons. The molecule has 0 aliphatic rings. The molecule has 0 atom stereocenters. The van der Waals surface area contributed by atoms with E-state index in [0.717, 1.165) is 10.4 Å². The van der Waals surface area contributed by atoms with E-state index in [2.05, 4.69) is 5.32 Å². The zero-order valence-electron chi connectivity index (χ0n) is 16.7. The SMILES string of the molecule is CN(c1ccccc1)S(=O)(=O)c1cccc(C(=O)Nc2ccccc2-c2cccs2)c1. The number of benzene rings is 3. The van der Waals surface area contributed by atoms with Gasteiger partial charge < -0.3 is 5.32 Å². The lowest BCUT2D eigenvalue weighted by Gasteiger charge is -2.19. The predicted octanol–water partition coefficient (Wildman–Crippen LogP) is 5.49. The molecule has 3 aromatic carbocycles. The number of nitrogens with one attached hydrogen (secondary N) is 1. The maximum atomic E-state index is 13.1. The lowest BCUT2D eigenvalue weighted by molar-refractivity contribution is 0.102. The predicted molar refractivity (Wildman–Crippen MR) is 126 cm³/mol. The molecule has 0 radical (unpaired) electrons. The van der Waals surface area contributed by atoms with Crippen LogP contribution < -0.4 is 9.62 Å². The zero-order chi connectivity index (χ0) is 21.8. The fourth-order valence-corrected chi connectivity index (χ4v) is 5.17. The summed E-state index contributed by atoms with van der Waals surface area (Å²) < 4.78 is 27.3. The summed E-state index contributed by atoms with van der Waals surface area (Å²) >= 11 is 1.58. The van der Waals surface area contributed by atoms with Crippen LogP contribution in [0.3, 0.4) is 0 Å². The smallest absolute Gasteiger partial charge is 0.264 e. The van der Waals surface area contributed by atoms with Gasteiger partial charge in [0.05, 0.1) is 10.6 Å². The number of amides is 1. The second-order valence-corrected chi connectivity index (χ2v) is 9.73. The Morgan fingerprint density at radius 2 is 1.61 bits per heavy atom. The van der Waals surface area contributed by atoms with Crippen LogP contribution in [0.25, 0.3) is 10.4 Å². The van der Waals surface area contributed by atoms with Crippen molar-refractivity contribution in [1.82, 2.24) is 0 Å². The van der Waals surface area contributed by atoms with Crippen molar-refractivity contribution < 1.29 is 13.2 Å². The van der Waals surface area contributed by atoms with Gasteiger partial charge in [0.1, 0.15) is 0 Å². The number of hydrogen-bond acceptors (Lipinski definition) is 4. The molecule has 5 nitrogen and oxygen atoms in total. The molecule has 0 saturated heterocycles. The summed E-state index contributed by atoms with van der Waals surface area (Å²) in [5.74, 6) is -0.372. The van der Waals surface area contributed by atoms with E-state index in [9.17, 15) is 13.2 Å². The number of para-hydroxylation sites is 2. The molecule has 0 aliphatic carbocycles. The Morgan fingerprint density at radius 3 is 2.35 bits per heavy atom. The van der Waals surface area contributed by atoms with E-state index >= 15 is 0 Å². The van der Waals surface area contributed by atoms with Crippen LogP contribution in [0.4, 0.5) is 11.4 Å². The van der Waals surface area contributed by atoms with Gasteiger partial charge in [-0.3, -0.25) is 9.10 Å². The number of anilines is 2. The Hall–Kier alpha value is -3.42. The third kappa shape index (κ3) is 4.38. The van der Waals surface area contributed by atoms with Gasteiger partial charge in [0.25, 0.3) is 15.9 Å². The van der Waals surface area contributed by atoms with Crippen molar-refractivity contribution in [1.29, 1.82) is 0 Å². The molecule has 0 bridgehead atoms. The normalized spacial score (nSPS) is 11.1. The van der Waals surface area contributed by atoms with Gasteiger partial charge >= 0.3 is 0 Å². The van der Waals surface area contributed by atoms with Crippen molar-refractivity contribution in [3.05, 3.63) is 102 Å². The van der Waals surface area contributed by atoms with Crippen molar-refractivity contribution in [3.8, 4) is 10.4 Å². The Labute approximate surface area is 185 Å². The Balaban J connectivity index is 1.62. The van der Waals surface area contributed by atoms with Crippen LogP contribution in [0.2, 0.25) is 0 Å². The molecule has 0 fully saturated rings. The van der Waals surface area contributed by atoms with Gasteiger partial charge in [-0.25, -0.2) is 8.42 Å². The van der Waals surface area contributed by atoms with Gasteiger partial charge in [0.2, 0.25) is 0 Å². The van der Waals surface area contributed by atoms with Gasteiger partial charge in [-0.05, 0) is 47.8 Å². The summed E-state index contributed by atoms with van der Waals surface area (Å²) in [6, 6.07) is 26.4. The van der Waals surface area contributed by atoms with Crippen LogP contribution in [-0.2, 0) is 10.0 Å². The monoisotopic (exact) mass is 448 g/mol. The summed E-state index contributed by atoms with van der Waals surface area (Å²) in [6.07, 6.45) is 0. The topological polar surface area (TPSA) is 66.5 Å². The molecular formula is C24H20N2O3S2. The van der Waals surface area contributed by atoms with Gasteiger partial charge in [-0.15, -0.1) is 11.3 Å². The number of nitrogens with zero attached hydrogens (tertiary/aromatic N) is 1. The fraction of sp³-hybridized carbons (Fsp3) is 0.0417. The first-order chi connectivity index (χ1) is 15.0. The van der Waals surface area contributed by atoms with Crippen LogP contribution >= 0.6 is 11.3 Å². The highest BCUT2D eigenvalue weighted by molar-refractivity contribution is 7.92. The molecule has 1 N–H and O–H groups in total. The highest BCUT2D eigenvalue weighted by Crippen LogP contribution is 2.31. The van der Waals surface area contributed by atoms with E-state index in [4.69, 9.17) is 0 Å². The number of thiophene rings is 1. The quantitative estimate of drug-likeness (QED) is 0.424.